The normalized spacial score (nSPS) is 18.3. The van der Waals surface area contributed by atoms with E-state index in [9.17, 15) is 5.21 Å². The van der Waals surface area contributed by atoms with E-state index in [1.165, 1.54) is 36.8 Å². The SMILES string of the molecule is ON=C1CCc2cc(-c3cn(C4CCCC4)nc3-c3ccncc3)ccc21. The summed E-state index contributed by atoms with van der Waals surface area (Å²) in [6.07, 6.45) is 12.6. The van der Waals surface area contributed by atoms with Gasteiger partial charge in [0.25, 0.3) is 0 Å². The predicted molar refractivity (Wildman–Crippen MR) is 105 cm³/mol. The smallest absolute Gasteiger partial charge is 0.100 e. The second-order valence-electron chi connectivity index (χ2n) is 7.46. The van der Waals surface area contributed by atoms with Crippen molar-refractivity contribution in [2.45, 2.75) is 44.6 Å². The third-order valence-electron chi connectivity index (χ3n) is 5.86. The fraction of sp³-hybridized carbons (Fsp3) is 0.318. The highest BCUT2D eigenvalue weighted by molar-refractivity contribution is 6.04. The summed E-state index contributed by atoms with van der Waals surface area (Å²) in [5.74, 6) is 0. The molecule has 0 amide bonds. The first kappa shape index (κ1) is 16.2. The summed E-state index contributed by atoms with van der Waals surface area (Å²) >= 11 is 0. The molecule has 5 nitrogen and oxygen atoms in total. The van der Waals surface area contributed by atoms with E-state index >= 15 is 0 Å². The van der Waals surface area contributed by atoms with Crippen LogP contribution in [0, 0.1) is 0 Å². The van der Waals surface area contributed by atoms with Gasteiger partial charge in [0, 0.05) is 35.3 Å². The number of oxime groups is 1. The maximum absolute atomic E-state index is 9.19. The molecule has 0 unspecified atom stereocenters. The maximum atomic E-state index is 9.19. The number of aryl methyl sites for hydroxylation is 1. The average Bonchev–Trinajstić information content (AvgIpc) is 3.46. The van der Waals surface area contributed by atoms with Crippen LogP contribution < -0.4 is 0 Å². The molecule has 0 radical (unpaired) electrons. The molecule has 2 heterocycles. The highest BCUT2D eigenvalue weighted by Crippen LogP contribution is 2.37. The van der Waals surface area contributed by atoms with Crippen LogP contribution in [-0.4, -0.2) is 25.7 Å². The van der Waals surface area contributed by atoms with Gasteiger partial charge in [-0.1, -0.05) is 36.2 Å². The molecule has 2 aromatic heterocycles. The summed E-state index contributed by atoms with van der Waals surface area (Å²) < 4.78 is 2.17. The lowest BCUT2D eigenvalue weighted by Crippen LogP contribution is -2.04. The molecule has 2 aliphatic carbocycles. The van der Waals surface area contributed by atoms with Crippen LogP contribution in [0.2, 0.25) is 0 Å². The number of pyridine rings is 1. The van der Waals surface area contributed by atoms with Crippen molar-refractivity contribution in [3.05, 3.63) is 60.0 Å². The first-order chi connectivity index (χ1) is 13.3. The minimum atomic E-state index is 0.502. The molecular weight excluding hydrogens is 336 g/mol. The molecule has 0 saturated heterocycles. The van der Waals surface area contributed by atoms with Crippen LogP contribution in [0.5, 0.6) is 0 Å². The number of hydrogen-bond donors (Lipinski definition) is 1. The van der Waals surface area contributed by atoms with E-state index in [1.807, 2.05) is 24.5 Å². The molecular formula is C22H22N4O. The van der Waals surface area contributed by atoms with Crippen LogP contribution in [0.1, 0.15) is 49.3 Å². The van der Waals surface area contributed by atoms with Crippen LogP contribution in [0.4, 0.5) is 0 Å². The Bertz CT molecular complexity index is 1000. The van der Waals surface area contributed by atoms with Crippen molar-refractivity contribution in [1.29, 1.82) is 0 Å². The molecule has 1 aromatic carbocycles. The third-order valence-corrected chi connectivity index (χ3v) is 5.86. The zero-order chi connectivity index (χ0) is 18.2. The second kappa shape index (κ2) is 6.65. The van der Waals surface area contributed by atoms with E-state index in [0.29, 0.717) is 6.04 Å². The van der Waals surface area contributed by atoms with Crippen LogP contribution in [0.15, 0.2) is 54.1 Å². The van der Waals surface area contributed by atoms with Crippen molar-refractivity contribution in [1.82, 2.24) is 14.8 Å². The minimum absolute atomic E-state index is 0.502. The Morgan fingerprint density at radius 1 is 0.963 bits per heavy atom. The molecule has 27 heavy (non-hydrogen) atoms. The maximum Gasteiger partial charge on any atom is 0.100 e. The Hall–Kier alpha value is -2.95. The lowest BCUT2D eigenvalue weighted by Gasteiger charge is -2.08. The van der Waals surface area contributed by atoms with Gasteiger partial charge in [-0.15, -0.1) is 0 Å². The molecule has 5 heteroatoms. The van der Waals surface area contributed by atoms with Crippen LogP contribution in [0.25, 0.3) is 22.4 Å². The van der Waals surface area contributed by atoms with E-state index < -0.39 is 0 Å². The Balaban J connectivity index is 1.63. The molecule has 2 aliphatic rings. The van der Waals surface area contributed by atoms with E-state index in [-0.39, 0.29) is 0 Å². The lowest BCUT2D eigenvalue weighted by molar-refractivity contribution is 0.318. The van der Waals surface area contributed by atoms with Gasteiger partial charge in [0.15, 0.2) is 0 Å². The molecule has 1 N–H and O–H groups in total. The quantitative estimate of drug-likeness (QED) is 0.538. The summed E-state index contributed by atoms with van der Waals surface area (Å²) in [6.45, 7) is 0. The van der Waals surface area contributed by atoms with Crippen molar-refractivity contribution in [2.75, 3.05) is 0 Å². The van der Waals surface area contributed by atoms with Gasteiger partial charge in [-0.3, -0.25) is 9.67 Å². The van der Waals surface area contributed by atoms with Crippen molar-refractivity contribution >= 4 is 5.71 Å². The van der Waals surface area contributed by atoms with Crippen molar-refractivity contribution in [3.8, 4) is 22.4 Å². The highest BCUT2D eigenvalue weighted by atomic mass is 16.4. The molecule has 0 atom stereocenters. The van der Waals surface area contributed by atoms with Gasteiger partial charge in [0.05, 0.1) is 11.8 Å². The molecule has 3 aromatic rings. The fourth-order valence-corrected chi connectivity index (χ4v) is 4.42. The van der Waals surface area contributed by atoms with Gasteiger partial charge >= 0.3 is 0 Å². The topological polar surface area (TPSA) is 63.3 Å². The summed E-state index contributed by atoms with van der Waals surface area (Å²) in [4.78, 5) is 4.15. The summed E-state index contributed by atoms with van der Waals surface area (Å²) in [5, 5.41) is 17.6. The van der Waals surface area contributed by atoms with E-state index in [4.69, 9.17) is 5.10 Å². The van der Waals surface area contributed by atoms with E-state index in [1.54, 1.807) is 0 Å². The number of fused-ring (bicyclic) bond motifs is 1. The molecule has 1 fully saturated rings. The summed E-state index contributed by atoms with van der Waals surface area (Å²) in [6, 6.07) is 11.0. The summed E-state index contributed by atoms with van der Waals surface area (Å²) in [7, 11) is 0. The second-order valence-corrected chi connectivity index (χ2v) is 7.46. The number of hydrogen-bond acceptors (Lipinski definition) is 4. The van der Waals surface area contributed by atoms with Crippen molar-refractivity contribution < 1.29 is 5.21 Å². The molecule has 0 spiro atoms. The van der Waals surface area contributed by atoms with Gasteiger partial charge in [-0.2, -0.15) is 5.10 Å². The molecule has 1 saturated carbocycles. The third kappa shape index (κ3) is 2.83. The number of rotatable bonds is 3. The average molecular weight is 358 g/mol. The first-order valence-electron chi connectivity index (χ1n) is 9.67. The van der Waals surface area contributed by atoms with Crippen molar-refractivity contribution in [3.63, 3.8) is 0 Å². The van der Waals surface area contributed by atoms with Crippen LogP contribution in [-0.2, 0) is 6.42 Å². The minimum Gasteiger partial charge on any atom is -0.411 e. The Morgan fingerprint density at radius 2 is 1.78 bits per heavy atom. The Morgan fingerprint density at radius 3 is 2.56 bits per heavy atom. The van der Waals surface area contributed by atoms with Gasteiger partial charge in [0.2, 0.25) is 0 Å². The largest absolute Gasteiger partial charge is 0.411 e. The van der Waals surface area contributed by atoms with Gasteiger partial charge in [0.1, 0.15) is 5.69 Å². The Labute approximate surface area is 158 Å². The Kier molecular flexibility index (Phi) is 4.00. The molecule has 0 bridgehead atoms. The fourth-order valence-electron chi connectivity index (χ4n) is 4.42. The number of aromatic nitrogens is 3. The molecule has 5 rings (SSSR count). The molecule has 136 valence electrons. The van der Waals surface area contributed by atoms with Gasteiger partial charge < -0.3 is 5.21 Å². The van der Waals surface area contributed by atoms with Gasteiger partial charge in [-0.05, 0) is 48.9 Å². The number of benzene rings is 1. The van der Waals surface area contributed by atoms with Crippen LogP contribution >= 0.6 is 0 Å². The highest BCUT2D eigenvalue weighted by Gasteiger charge is 2.23. The zero-order valence-electron chi connectivity index (χ0n) is 15.2. The standard InChI is InChI=1S/C22H22N4O/c27-25-21-8-6-16-13-17(5-7-19(16)21)20-14-26(18-3-1-2-4-18)24-22(20)15-9-11-23-12-10-15/h5,7,9-14,18,27H,1-4,6,8H2. The molecule has 0 aliphatic heterocycles. The lowest BCUT2D eigenvalue weighted by atomic mass is 9.98. The predicted octanol–water partition coefficient (Wildman–Crippen LogP) is 4.85. The number of nitrogens with zero attached hydrogens (tertiary/aromatic N) is 4. The van der Waals surface area contributed by atoms with Gasteiger partial charge in [-0.25, -0.2) is 0 Å². The van der Waals surface area contributed by atoms with E-state index in [0.717, 1.165) is 40.9 Å². The summed E-state index contributed by atoms with van der Waals surface area (Å²) in [5.41, 5.74) is 7.53. The van der Waals surface area contributed by atoms with E-state index in [2.05, 4.69) is 39.2 Å². The van der Waals surface area contributed by atoms with Crippen molar-refractivity contribution in [2.24, 2.45) is 5.16 Å². The monoisotopic (exact) mass is 358 g/mol. The first-order valence-corrected chi connectivity index (χ1v) is 9.67. The zero-order valence-corrected chi connectivity index (χ0v) is 15.2. The van der Waals surface area contributed by atoms with Crippen LogP contribution in [0.3, 0.4) is 0 Å².